The lowest BCUT2D eigenvalue weighted by Gasteiger charge is -2.30. The van der Waals surface area contributed by atoms with Gasteiger partial charge in [-0.05, 0) is 45.6 Å². The standard InChI is InChI=1S/C26H33F3N6O3/c1-4-35-17(2)20-14-19(22(37-3)15-31-20)21-16-34-12-11-30-23(34)24(33-21)38-13-7-5-6-8-18(32-25(35)36)9-10-26(27,28)29/h11-12,14-18H,4-10,13H2,1-3H3,(H,32,36)/t17-,18-/m1/s1. The maximum absolute atomic E-state index is 13.3. The van der Waals surface area contributed by atoms with Crippen LogP contribution in [0.3, 0.4) is 0 Å². The second-order valence-corrected chi connectivity index (χ2v) is 9.36. The molecule has 4 rings (SSSR count). The predicted molar refractivity (Wildman–Crippen MR) is 135 cm³/mol. The minimum atomic E-state index is -4.29. The Hall–Kier alpha value is -3.57. The van der Waals surface area contributed by atoms with Gasteiger partial charge in [-0.1, -0.05) is 6.42 Å². The Labute approximate surface area is 219 Å². The smallest absolute Gasteiger partial charge is 0.389 e. The lowest BCUT2D eigenvalue weighted by Crippen LogP contribution is -2.46. The van der Waals surface area contributed by atoms with E-state index in [0.717, 1.165) is 6.42 Å². The molecule has 0 aromatic carbocycles. The van der Waals surface area contributed by atoms with Crippen LogP contribution in [0.5, 0.6) is 11.6 Å². The monoisotopic (exact) mass is 534 g/mol. The van der Waals surface area contributed by atoms with Gasteiger partial charge in [0.2, 0.25) is 5.65 Å². The van der Waals surface area contributed by atoms with Crippen molar-refractivity contribution in [1.82, 2.24) is 29.6 Å². The van der Waals surface area contributed by atoms with Crippen LogP contribution in [0.2, 0.25) is 0 Å². The third kappa shape index (κ3) is 6.46. The van der Waals surface area contributed by atoms with Gasteiger partial charge in [0.25, 0.3) is 5.88 Å². The quantitative estimate of drug-likeness (QED) is 0.471. The number of carbonyl (C=O) groups excluding carboxylic acids is 1. The SMILES string of the molecule is CCN1C(=O)N[C@@H](CCC(F)(F)F)CCCCCOc2nc(cn3ccnc23)-c2cc(ncc2OC)[C@H]1C. The Kier molecular flexibility index (Phi) is 8.58. The van der Waals surface area contributed by atoms with Gasteiger partial charge in [-0.15, -0.1) is 0 Å². The Bertz CT molecular complexity index is 1250. The third-order valence-corrected chi connectivity index (χ3v) is 6.76. The van der Waals surface area contributed by atoms with Crippen LogP contribution < -0.4 is 14.8 Å². The summed E-state index contributed by atoms with van der Waals surface area (Å²) in [4.78, 5) is 28.4. The molecule has 0 saturated heterocycles. The number of carbonyl (C=O) groups is 1. The predicted octanol–water partition coefficient (Wildman–Crippen LogP) is 5.56. The molecule has 1 N–H and O–H groups in total. The van der Waals surface area contributed by atoms with Gasteiger partial charge in [0, 0.05) is 43.2 Å². The number of nitrogens with one attached hydrogen (secondary N) is 1. The van der Waals surface area contributed by atoms with Gasteiger partial charge in [-0.25, -0.2) is 14.8 Å². The van der Waals surface area contributed by atoms with Crippen LogP contribution >= 0.6 is 0 Å². The van der Waals surface area contributed by atoms with Crippen molar-refractivity contribution in [1.29, 1.82) is 0 Å². The lowest BCUT2D eigenvalue weighted by molar-refractivity contribution is -0.136. The van der Waals surface area contributed by atoms with E-state index < -0.39 is 30.7 Å². The normalized spacial score (nSPS) is 19.5. The number of fused-ring (bicyclic) bond motifs is 7. The van der Waals surface area contributed by atoms with Crippen LogP contribution in [0.1, 0.15) is 64.1 Å². The minimum Gasteiger partial charge on any atom is -0.494 e. The van der Waals surface area contributed by atoms with Gasteiger partial charge in [-0.2, -0.15) is 13.2 Å². The molecule has 3 aromatic rings. The number of hydrogen-bond donors (Lipinski definition) is 1. The highest BCUT2D eigenvalue weighted by Gasteiger charge is 2.30. The number of imidazole rings is 1. The highest BCUT2D eigenvalue weighted by Crippen LogP contribution is 2.33. The highest BCUT2D eigenvalue weighted by molar-refractivity contribution is 5.75. The summed E-state index contributed by atoms with van der Waals surface area (Å²) in [5, 5.41) is 2.85. The molecule has 0 radical (unpaired) electrons. The van der Waals surface area contributed by atoms with Crippen molar-refractivity contribution in [3.05, 3.63) is 36.5 Å². The van der Waals surface area contributed by atoms with E-state index in [-0.39, 0.29) is 6.42 Å². The fraction of sp³-hybridized carbons (Fsp3) is 0.538. The molecule has 12 heteroatoms. The van der Waals surface area contributed by atoms with E-state index in [2.05, 4.69) is 15.3 Å². The molecule has 0 spiro atoms. The van der Waals surface area contributed by atoms with E-state index in [0.29, 0.717) is 66.6 Å². The van der Waals surface area contributed by atoms with Crippen molar-refractivity contribution in [2.75, 3.05) is 20.3 Å². The van der Waals surface area contributed by atoms with E-state index in [1.54, 1.807) is 30.6 Å². The third-order valence-electron chi connectivity index (χ3n) is 6.76. The van der Waals surface area contributed by atoms with Gasteiger partial charge in [-0.3, -0.25) is 4.98 Å². The van der Waals surface area contributed by atoms with Crippen LogP contribution in [0.4, 0.5) is 18.0 Å². The fourth-order valence-corrected chi connectivity index (χ4v) is 4.66. The number of methoxy groups -OCH3 is 1. The first-order valence-corrected chi connectivity index (χ1v) is 12.8. The number of pyridine rings is 1. The Morgan fingerprint density at radius 2 is 2.05 bits per heavy atom. The summed E-state index contributed by atoms with van der Waals surface area (Å²) in [6.45, 7) is 4.38. The minimum absolute atomic E-state index is 0.170. The van der Waals surface area contributed by atoms with Crippen molar-refractivity contribution in [2.45, 2.75) is 70.6 Å². The molecule has 4 heterocycles. The van der Waals surface area contributed by atoms with Crippen molar-refractivity contribution < 1.29 is 27.4 Å². The molecule has 2 amide bonds. The van der Waals surface area contributed by atoms with E-state index in [1.165, 1.54) is 0 Å². The molecule has 0 aliphatic carbocycles. The summed E-state index contributed by atoms with van der Waals surface area (Å²) in [5.41, 5.74) is 2.41. The molecule has 4 bridgehead atoms. The number of rotatable bonds is 4. The number of ether oxygens (including phenoxy) is 2. The van der Waals surface area contributed by atoms with Crippen LogP contribution in [-0.4, -0.2) is 62.8 Å². The lowest BCUT2D eigenvalue weighted by atomic mass is 10.0. The zero-order valence-corrected chi connectivity index (χ0v) is 21.8. The summed E-state index contributed by atoms with van der Waals surface area (Å²) < 4.78 is 52.3. The summed E-state index contributed by atoms with van der Waals surface area (Å²) in [7, 11) is 1.54. The maximum atomic E-state index is 13.3. The van der Waals surface area contributed by atoms with Crippen molar-refractivity contribution in [3.8, 4) is 22.9 Å². The molecule has 9 nitrogen and oxygen atoms in total. The molecular weight excluding hydrogens is 501 g/mol. The van der Waals surface area contributed by atoms with Crippen molar-refractivity contribution in [3.63, 3.8) is 0 Å². The largest absolute Gasteiger partial charge is 0.494 e. The number of alkyl halides is 3. The van der Waals surface area contributed by atoms with Gasteiger partial charge < -0.3 is 24.1 Å². The van der Waals surface area contributed by atoms with Crippen LogP contribution in [-0.2, 0) is 0 Å². The summed E-state index contributed by atoms with van der Waals surface area (Å²) in [6.07, 6.45) is 3.97. The zero-order chi connectivity index (χ0) is 27.3. The van der Waals surface area contributed by atoms with Gasteiger partial charge in [0.1, 0.15) is 5.75 Å². The molecule has 0 unspecified atom stereocenters. The molecule has 1 aliphatic rings. The first-order valence-electron chi connectivity index (χ1n) is 12.8. The molecule has 3 aromatic heterocycles. The maximum Gasteiger partial charge on any atom is 0.389 e. The van der Waals surface area contributed by atoms with E-state index in [1.807, 2.05) is 30.5 Å². The number of aromatic nitrogens is 4. The molecule has 1 aliphatic heterocycles. The van der Waals surface area contributed by atoms with Crippen LogP contribution in [0, 0.1) is 0 Å². The number of nitrogens with zero attached hydrogens (tertiary/aromatic N) is 5. The number of urea groups is 1. The summed E-state index contributed by atoms with van der Waals surface area (Å²) in [5.74, 6) is 0.872. The van der Waals surface area contributed by atoms with E-state index >= 15 is 0 Å². The average Bonchev–Trinajstić information content (AvgIpc) is 3.37. The molecule has 0 fully saturated rings. The molecular formula is C26H33F3N6O3. The highest BCUT2D eigenvalue weighted by atomic mass is 19.4. The number of halogens is 3. The zero-order valence-electron chi connectivity index (χ0n) is 21.8. The average molecular weight is 535 g/mol. The van der Waals surface area contributed by atoms with Crippen molar-refractivity contribution >= 4 is 11.7 Å². The van der Waals surface area contributed by atoms with E-state index in [9.17, 15) is 18.0 Å². The van der Waals surface area contributed by atoms with Gasteiger partial charge in [0.15, 0.2) is 0 Å². The van der Waals surface area contributed by atoms with Gasteiger partial charge >= 0.3 is 12.2 Å². The summed E-state index contributed by atoms with van der Waals surface area (Å²) >= 11 is 0. The Morgan fingerprint density at radius 3 is 2.79 bits per heavy atom. The van der Waals surface area contributed by atoms with Crippen LogP contribution in [0.15, 0.2) is 30.9 Å². The Morgan fingerprint density at radius 1 is 1.24 bits per heavy atom. The molecule has 0 saturated carbocycles. The van der Waals surface area contributed by atoms with E-state index in [4.69, 9.17) is 14.5 Å². The summed E-state index contributed by atoms with van der Waals surface area (Å²) in [6, 6.07) is 0.339. The first kappa shape index (κ1) is 27.5. The number of amides is 2. The number of hydrogen-bond acceptors (Lipinski definition) is 6. The van der Waals surface area contributed by atoms with Gasteiger partial charge in [0.05, 0.1) is 37.3 Å². The molecule has 206 valence electrons. The fourth-order valence-electron chi connectivity index (χ4n) is 4.66. The van der Waals surface area contributed by atoms with Crippen LogP contribution in [0.25, 0.3) is 16.9 Å². The second kappa shape index (κ2) is 11.9. The topological polar surface area (TPSA) is 93.9 Å². The first-order chi connectivity index (χ1) is 18.2. The van der Waals surface area contributed by atoms with Crippen molar-refractivity contribution in [2.24, 2.45) is 0 Å². The molecule has 38 heavy (non-hydrogen) atoms. The molecule has 2 atom stereocenters. The Balaban J connectivity index is 1.72. The second-order valence-electron chi connectivity index (χ2n) is 9.36.